The molecule has 158 valence electrons. The van der Waals surface area contributed by atoms with E-state index in [0.717, 1.165) is 52.3 Å². The lowest BCUT2D eigenvalue weighted by Gasteiger charge is -2.16. The standard InChI is InChI=1S/C26H26N2O3/c1-4-7-22-17(3)28-23(15-10-16(2)25(28)27-22)24(29)19-13-11-18(12-14-19)20-8-5-6-9-21(20)26(30)31/h5-6,8-15,24,29H,4,7H2,1-3H3,(H,30,31)/t24-/m1/s1. The summed E-state index contributed by atoms with van der Waals surface area (Å²) < 4.78 is 2.05. The summed E-state index contributed by atoms with van der Waals surface area (Å²) in [6.07, 6.45) is 1.09. The van der Waals surface area contributed by atoms with Crippen LogP contribution in [0.4, 0.5) is 0 Å². The molecule has 2 aromatic carbocycles. The van der Waals surface area contributed by atoms with Crippen molar-refractivity contribution in [3.63, 3.8) is 0 Å². The van der Waals surface area contributed by atoms with Gasteiger partial charge < -0.3 is 10.2 Å². The van der Waals surface area contributed by atoms with Crippen LogP contribution in [0, 0.1) is 13.8 Å². The number of nitrogens with zero attached hydrogens (tertiary/aromatic N) is 2. The zero-order valence-corrected chi connectivity index (χ0v) is 18.0. The summed E-state index contributed by atoms with van der Waals surface area (Å²) in [5, 5.41) is 20.7. The summed E-state index contributed by atoms with van der Waals surface area (Å²) in [6, 6.07) is 18.3. The van der Waals surface area contributed by atoms with E-state index in [4.69, 9.17) is 4.98 Å². The second-order valence-corrected chi connectivity index (χ2v) is 7.87. The average molecular weight is 415 g/mol. The van der Waals surface area contributed by atoms with Crippen molar-refractivity contribution in [2.75, 3.05) is 0 Å². The van der Waals surface area contributed by atoms with Crippen LogP contribution in [0.5, 0.6) is 0 Å². The van der Waals surface area contributed by atoms with Crippen LogP contribution in [-0.4, -0.2) is 25.6 Å². The van der Waals surface area contributed by atoms with Crippen LogP contribution in [-0.2, 0) is 6.42 Å². The number of hydrogen-bond acceptors (Lipinski definition) is 3. The maximum atomic E-state index is 11.5. The summed E-state index contributed by atoms with van der Waals surface area (Å²) in [6.45, 7) is 6.21. The van der Waals surface area contributed by atoms with Crippen molar-refractivity contribution in [3.8, 4) is 11.1 Å². The first-order chi connectivity index (χ1) is 14.9. The second-order valence-electron chi connectivity index (χ2n) is 7.87. The summed E-state index contributed by atoms with van der Waals surface area (Å²) in [5.74, 6) is -0.958. The smallest absolute Gasteiger partial charge is 0.336 e. The van der Waals surface area contributed by atoms with Gasteiger partial charge in [0, 0.05) is 5.69 Å². The van der Waals surface area contributed by atoms with E-state index >= 15 is 0 Å². The lowest BCUT2D eigenvalue weighted by atomic mass is 9.97. The number of aliphatic hydroxyl groups excluding tert-OH is 1. The van der Waals surface area contributed by atoms with Crippen molar-refractivity contribution in [2.24, 2.45) is 0 Å². The molecule has 0 aliphatic rings. The Morgan fingerprint density at radius 2 is 1.74 bits per heavy atom. The number of aliphatic hydroxyl groups is 1. The van der Waals surface area contributed by atoms with E-state index in [-0.39, 0.29) is 5.56 Å². The number of carboxylic acids is 1. The van der Waals surface area contributed by atoms with Crippen LogP contribution < -0.4 is 0 Å². The van der Waals surface area contributed by atoms with Gasteiger partial charge in [-0.15, -0.1) is 0 Å². The molecule has 0 saturated carbocycles. The molecule has 4 aromatic rings. The number of aryl methyl sites for hydroxylation is 3. The van der Waals surface area contributed by atoms with E-state index in [1.165, 1.54) is 0 Å². The van der Waals surface area contributed by atoms with E-state index < -0.39 is 12.1 Å². The minimum absolute atomic E-state index is 0.258. The Kier molecular flexibility index (Phi) is 5.61. The predicted molar refractivity (Wildman–Crippen MR) is 122 cm³/mol. The first-order valence-corrected chi connectivity index (χ1v) is 10.5. The number of carbonyl (C=O) groups is 1. The highest BCUT2D eigenvalue weighted by Crippen LogP contribution is 2.30. The van der Waals surface area contributed by atoms with Gasteiger partial charge in [-0.1, -0.05) is 61.9 Å². The Hall–Kier alpha value is -3.44. The first-order valence-electron chi connectivity index (χ1n) is 10.5. The normalized spacial score (nSPS) is 12.3. The Bertz CT molecular complexity index is 1260. The molecule has 0 unspecified atom stereocenters. The molecule has 2 aromatic heterocycles. The highest BCUT2D eigenvalue weighted by molar-refractivity contribution is 5.96. The van der Waals surface area contributed by atoms with Crippen LogP contribution in [0.25, 0.3) is 16.8 Å². The van der Waals surface area contributed by atoms with Crippen molar-refractivity contribution in [1.82, 2.24) is 9.38 Å². The van der Waals surface area contributed by atoms with Gasteiger partial charge in [0.25, 0.3) is 0 Å². The van der Waals surface area contributed by atoms with Gasteiger partial charge in [0.2, 0.25) is 0 Å². The number of benzene rings is 2. The highest BCUT2D eigenvalue weighted by atomic mass is 16.4. The van der Waals surface area contributed by atoms with Gasteiger partial charge in [0.15, 0.2) is 0 Å². The molecule has 5 heteroatoms. The number of imidazole rings is 1. The fourth-order valence-corrected chi connectivity index (χ4v) is 4.11. The highest BCUT2D eigenvalue weighted by Gasteiger charge is 2.19. The Morgan fingerprint density at radius 3 is 2.42 bits per heavy atom. The molecule has 5 nitrogen and oxygen atoms in total. The third-order valence-electron chi connectivity index (χ3n) is 5.78. The lowest BCUT2D eigenvalue weighted by molar-refractivity contribution is 0.0697. The molecule has 0 aliphatic heterocycles. The molecular formula is C26H26N2O3. The second kappa shape index (κ2) is 8.36. The molecule has 0 fully saturated rings. The largest absolute Gasteiger partial charge is 0.478 e. The number of carboxylic acid groups (broad SMARTS) is 1. The van der Waals surface area contributed by atoms with Crippen molar-refractivity contribution in [3.05, 3.63) is 94.4 Å². The van der Waals surface area contributed by atoms with Gasteiger partial charge in [-0.2, -0.15) is 0 Å². The third kappa shape index (κ3) is 3.73. The summed E-state index contributed by atoms with van der Waals surface area (Å²) in [4.78, 5) is 16.4. The molecule has 31 heavy (non-hydrogen) atoms. The number of hydrogen-bond donors (Lipinski definition) is 2. The average Bonchev–Trinajstić information content (AvgIpc) is 3.11. The summed E-state index contributed by atoms with van der Waals surface area (Å²) in [7, 11) is 0. The molecular weight excluding hydrogens is 388 g/mol. The first kappa shape index (κ1) is 20.8. The Balaban J connectivity index is 1.74. The zero-order valence-electron chi connectivity index (χ0n) is 18.0. The fourth-order valence-electron chi connectivity index (χ4n) is 4.11. The monoisotopic (exact) mass is 414 g/mol. The van der Waals surface area contributed by atoms with Crippen molar-refractivity contribution in [1.29, 1.82) is 0 Å². The molecule has 1 atom stereocenters. The van der Waals surface area contributed by atoms with Crippen molar-refractivity contribution < 1.29 is 15.0 Å². The Morgan fingerprint density at radius 1 is 1.03 bits per heavy atom. The fraction of sp³-hybridized carbons (Fsp3) is 0.231. The van der Waals surface area contributed by atoms with Crippen LogP contribution in [0.1, 0.15) is 58.0 Å². The maximum absolute atomic E-state index is 11.5. The van der Waals surface area contributed by atoms with E-state index in [2.05, 4.69) is 11.3 Å². The van der Waals surface area contributed by atoms with Gasteiger partial charge in [0.05, 0.1) is 17.0 Å². The van der Waals surface area contributed by atoms with Crippen LogP contribution >= 0.6 is 0 Å². The molecule has 2 heterocycles. The van der Waals surface area contributed by atoms with E-state index in [1.54, 1.807) is 18.2 Å². The van der Waals surface area contributed by atoms with Gasteiger partial charge in [-0.3, -0.25) is 4.40 Å². The maximum Gasteiger partial charge on any atom is 0.336 e. The summed E-state index contributed by atoms with van der Waals surface area (Å²) in [5.41, 5.74) is 7.29. The number of aromatic nitrogens is 2. The predicted octanol–water partition coefficient (Wildman–Crippen LogP) is 5.35. The van der Waals surface area contributed by atoms with Gasteiger partial charge in [0.1, 0.15) is 11.8 Å². The summed E-state index contributed by atoms with van der Waals surface area (Å²) >= 11 is 0. The molecule has 0 bridgehead atoms. The van der Waals surface area contributed by atoms with Crippen molar-refractivity contribution >= 4 is 11.6 Å². The van der Waals surface area contributed by atoms with Gasteiger partial charge in [-0.25, -0.2) is 9.78 Å². The van der Waals surface area contributed by atoms with Crippen molar-refractivity contribution in [2.45, 2.75) is 39.7 Å². The van der Waals surface area contributed by atoms with E-state index in [9.17, 15) is 15.0 Å². The molecule has 0 saturated heterocycles. The minimum Gasteiger partial charge on any atom is -0.478 e. The third-order valence-corrected chi connectivity index (χ3v) is 5.78. The van der Waals surface area contributed by atoms with Crippen LogP contribution in [0.15, 0.2) is 60.7 Å². The molecule has 4 rings (SSSR count). The minimum atomic E-state index is -0.958. The van der Waals surface area contributed by atoms with Gasteiger partial charge in [-0.05, 0) is 54.7 Å². The van der Waals surface area contributed by atoms with E-state index in [0.29, 0.717) is 5.56 Å². The lowest BCUT2D eigenvalue weighted by Crippen LogP contribution is -2.08. The number of fused-ring (bicyclic) bond motifs is 1. The number of rotatable bonds is 6. The molecule has 0 amide bonds. The SMILES string of the molecule is CCCc1nc2c(C)ccc([C@H](O)c3ccc(-c4ccccc4C(=O)O)cc3)n2c1C. The van der Waals surface area contributed by atoms with Crippen LogP contribution in [0.2, 0.25) is 0 Å². The number of pyridine rings is 1. The quantitative estimate of drug-likeness (QED) is 0.446. The Labute approximate surface area is 181 Å². The van der Waals surface area contributed by atoms with E-state index in [1.807, 2.05) is 56.3 Å². The van der Waals surface area contributed by atoms with Gasteiger partial charge >= 0.3 is 5.97 Å². The molecule has 0 aliphatic carbocycles. The molecule has 0 radical (unpaired) electrons. The topological polar surface area (TPSA) is 74.8 Å². The molecule has 0 spiro atoms. The number of aromatic carboxylic acids is 1. The van der Waals surface area contributed by atoms with Crippen LogP contribution in [0.3, 0.4) is 0 Å². The zero-order chi connectivity index (χ0) is 22.1. The molecule has 2 N–H and O–H groups in total.